The van der Waals surface area contributed by atoms with Gasteiger partial charge in [0.1, 0.15) is 0 Å². The Balaban J connectivity index is 0.00000300. The van der Waals surface area contributed by atoms with Crippen molar-refractivity contribution in [2.45, 2.75) is 45.3 Å². The summed E-state index contributed by atoms with van der Waals surface area (Å²) in [5.41, 5.74) is 2.81. The van der Waals surface area contributed by atoms with Crippen molar-refractivity contribution in [3.8, 4) is 0 Å². The fourth-order valence-electron chi connectivity index (χ4n) is 3.52. The number of hydrogen-bond acceptors (Lipinski definition) is 4. The van der Waals surface area contributed by atoms with Crippen molar-refractivity contribution in [2.24, 2.45) is 10.9 Å². The zero-order valence-corrected chi connectivity index (χ0v) is 19.9. The molecule has 0 aromatic heterocycles. The van der Waals surface area contributed by atoms with Gasteiger partial charge in [-0.15, -0.1) is 24.0 Å². The maximum absolute atomic E-state index is 10.4. The molecule has 1 atom stereocenters. The minimum Gasteiger partial charge on any atom is -0.390 e. The Labute approximate surface area is 192 Å². The largest absolute Gasteiger partial charge is 0.390 e. The van der Waals surface area contributed by atoms with Gasteiger partial charge < -0.3 is 20.5 Å². The number of aliphatic imine (C=N–C) groups is 1. The van der Waals surface area contributed by atoms with E-state index in [9.17, 15) is 5.11 Å². The Hall–Kier alpha value is -0.900. The van der Waals surface area contributed by atoms with Crippen LogP contribution in [0.1, 0.15) is 37.3 Å². The summed E-state index contributed by atoms with van der Waals surface area (Å²) >= 11 is 0. The number of benzene rings is 1. The molecule has 1 heterocycles. The standard InChI is InChI=1S/C22H36N4O2.HI/c1-2-23-22(24-11-5-13-28-17-18-8-9-18)25-14-21(27)16-26-12-10-19-6-3-4-7-20(19)15-26;/h3-4,6-7,18,21,27H,2,5,8-17H2,1H3,(H2,23,24,25);1H. The Morgan fingerprint density at radius 3 is 2.83 bits per heavy atom. The molecule has 3 N–H and O–H groups in total. The molecule has 0 spiro atoms. The quantitative estimate of drug-likeness (QED) is 0.183. The summed E-state index contributed by atoms with van der Waals surface area (Å²) < 4.78 is 5.66. The van der Waals surface area contributed by atoms with Gasteiger partial charge in [-0.3, -0.25) is 9.89 Å². The molecule has 1 aromatic carbocycles. The van der Waals surface area contributed by atoms with Gasteiger partial charge in [0.05, 0.1) is 12.6 Å². The number of hydrogen-bond donors (Lipinski definition) is 3. The molecular weight excluding hydrogens is 479 g/mol. The number of guanidine groups is 1. The van der Waals surface area contributed by atoms with E-state index in [2.05, 4.69) is 51.7 Å². The highest BCUT2D eigenvalue weighted by Gasteiger charge is 2.21. The predicted octanol–water partition coefficient (Wildman–Crippen LogP) is 2.40. The average molecular weight is 516 g/mol. The molecule has 2 aliphatic rings. The third-order valence-electron chi connectivity index (χ3n) is 5.29. The van der Waals surface area contributed by atoms with Crippen LogP contribution in [-0.2, 0) is 17.7 Å². The fraction of sp³-hybridized carbons (Fsp3) is 0.682. The zero-order valence-electron chi connectivity index (χ0n) is 17.6. The van der Waals surface area contributed by atoms with Gasteiger partial charge in [0.25, 0.3) is 0 Å². The summed E-state index contributed by atoms with van der Waals surface area (Å²) in [6.07, 6.45) is 4.23. The van der Waals surface area contributed by atoms with Crippen LogP contribution in [0.25, 0.3) is 0 Å². The monoisotopic (exact) mass is 516 g/mol. The van der Waals surface area contributed by atoms with Gasteiger partial charge in [-0.25, -0.2) is 0 Å². The summed E-state index contributed by atoms with van der Waals surface area (Å²) in [7, 11) is 0. The second-order valence-electron chi connectivity index (χ2n) is 7.93. The van der Waals surface area contributed by atoms with Crippen molar-refractivity contribution >= 4 is 29.9 Å². The van der Waals surface area contributed by atoms with E-state index in [1.807, 2.05) is 0 Å². The van der Waals surface area contributed by atoms with E-state index in [1.54, 1.807) is 0 Å². The average Bonchev–Trinajstić information content (AvgIpc) is 3.53. The Morgan fingerprint density at radius 1 is 1.28 bits per heavy atom. The third-order valence-corrected chi connectivity index (χ3v) is 5.29. The van der Waals surface area contributed by atoms with E-state index in [0.717, 1.165) is 64.1 Å². The lowest BCUT2D eigenvalue weighted by Crippen LogP contribution is -2.40. The molecule has 7 heteroatoms. The van der Waals surface area contributed by atoms with Gasteiger partial charge in [0, 0.05) is 45.9 Å². The van der Waals surface area contributed by atoms with Crippen LogP contribution in [0.4, 0.5) is 0 Å². The second-order valence-corrected chi connectivity index (χ2v) is 7.93. The topological polar surface area (TPSA) is 69.1 Å². The molecule has 6 nitrogen and oxygen atoms in total. The van der Waals surface area contributed by atoms with Gasteiger partial charge >= 0.3 is 0 Å². The second kappa shape index (κ2) is 13.4. The molecular formula is C22H37IN4O2. The molecule has 0 saturated heterocycles. The summed E-state index contributed by atoms with van der Waals surface area (Å²) in [5.74, 6) is 1.59. The number of nitrogens with one attached hydrogen (secondary N) is 2. The lowest BCUT2D eigenvalue weighted by atomic mass is 10.00. The van der Waals surface area contributed by atoms with Gasteiger partial charge in [-0.05, 0) is 49.7 Å². The van der Waals surface area contributed by atoms with Crippen molar-refractivity contribution in [3.63, 3.8) is 0 Å². The normalized spacial score (nSPS) is 17.9. The lowest BCUT2D eigenvalue weighted by Gasteiger charge is -2.30. The number of nitrogens with zero attached hydrogens (tertiary/aromatic N) is 2. The van der Waals surface area contributed by atoms with Crippen molar-refractivity contribution < 1.29 is 9.84 Å². The van der Waals surface area contributed by atoms with Crippen LogP contribution in [0, 0.1) is 5.92 Å². The molecule has 0 bridgehead atoms. The molecule has 164 valence electrons. The van der Waals surface area contributed by atoms with E-state index in [4.69, 9.17) is 4.74 Å². The molecule has 0 amide bonds. The summed E-state index contributed by atoms with van der Waals surface area (Å²) in [5, 5.41) is 17.0. The number of aliphatic hydroxyl groups is 1. The molecule has 1 aromatic rings. The van der Waals surface area contributed by atoms with Crippen LogP contribution in [-0.4, -0.2) is 68.0 Å². The Bertz CT molecular complexity index is 625. The Kier molecular flexibility index (Phi) is 11.3. The number of β-amino-alcohol motifs (C(OH)–C–C–N with tert-alkyl or cyclic N) is 1. The van der Waals surface area contributed by atoms with E-state index in [-0.39, 0.29) is 24.0 Å². The van der Waals surface area contributed by atoms with Crippen molar-refractivity contribution in [1.82, 2.24) is 15.5 Å². The first-order valence-electron chi connectivity index (χ1n) is 10.8. The SMILES string of the molecule is CCNC(=NCC(O)CN1CCc2ccccc2C1)NCCCOCC1CC1.I. The maximum atomic E-state index is 10.4. The highest BCUT2D eigenvalue weighted by Crippen LogP contribution is 2.28. The zero-order chi connectivity index (χ0) is 19.6. The number of aliphatic hydroxyl groups excluding tert-OH is 1. The first kappa shape index (κ1) is 24.4. The van der Waals surface area contributed by atoms with Crippen molar-refractivity contribution in [3.05, 3.63) is 35.4 Å². The van der Waals surface area contributed by atoms with E-state index < -0.39 is 6.10 Å². The number of ether oxygens (including phenoxy) is 1. The van der Waals surface area contributed by atoms with Crippen LogP contribution in [0.5, 0.6) is 0 Å². The predicted molar refractivity (Wildman–Crippen MR) is 129 cm³/mol. The first-order valence-corrected chi connectivity index (χ1v) is 10.8. The minimum atomic E-state index is -0.456. The van der Waals surface area contributed by atoms with Crippen LogP contribution < -0.4 is 10.6 Å². The van der Waals surface area contributed by atoms with Crippen LogP contribution >= 0.6 is 24.0 Å². The van der Waals surface area contributed by atoms with Crippen LogP contribution in [0.2, 0.25) is 0 Å². The molecule has 1 fully saturated rings. The van der Waals surface area contributed by atoms with Crippen molar-refractivity contribution in [2.75, 3.05) is 45.9 Å². The fourth-order valence-corrected chi connectivity index (χ4v) is 3.52. The van der Waals surface area contributed by atoms with Gasteiger partial charge in [0.15, 0.2) is 5.96 Å². The highest BCUT2D eigenvalue weighted by molar-refractivity contribution is 14.0. The van der Waals surface area contributed by atoms with E-state index >= 15 is 0 Å². The summed E-state index contributed by atoms with van der Waals surface area (Å²) in [4.78, 5) is 6.88. The number of halogens is 1. The number of fused-ring (bicyclic) bond motifs is 1. The van der Waals surface area contributed by atoms with Crippen LogP contribution in [0.3, 0.4) is 0 Å². The molecule has 3 rings (SSSR count). The van der Waals surface area contributed by atoms with E-state index in [0.29, 0.717) is 13.1 Å². The molecule has 1 unspecified atom stereocenters. The van der Waals surface area contributed by atoms with Crippen molar-refractivity contribution in [1.29, 1.82) is 0 Å². The van der Waals surface area contributed by atoms with Gasteiger partial charge in [-0.1, -0.05) is 24.3 Å². The Morgan fingerprint density at radius 2 is 2.07 bits per heavy atom. The maximum Gasteiger partial charge on any atom is 0.191 e. The molecule has 1 saturated carbocycles. The van der Waals surface area contributed by atoms with Gasteiger partial charge in [-0.2, -0.15) is 0 Å². The molecule has 0 radical (unpaired) electrons. The lowest BCUT2D eigenvalue weighted by molar-refractivity contribution is 0.111. The summed E-state index contributed by atoms with van der Waals surface area (Å²) in [6, 6.07) is 8.59. The van der Waals surface area contributed by atoms with Crippen LogP contribution in [0.15, 0.2) is 29.3 Å². The minimum absolute atomic E-state index is 0. The smallest absolute Gasteiger partial charge is 0.191 e. The molecule has 1 aliphatic heterocycles. The highest BCUT2D eigenvalue weighted by atomic mass is 127. The molecule has 29 heavy (non-hydrogen) atoms. The van der Waals surface area contributed by atoms with Gasteiger partial charge in [0.2, 0.25) is 0 Å². The van der Waals surface area contributed by atoms with E-state index in [1.165, 1.54) is 24.0 Å². The third kappa shape index (κ3) is 9.19. The molecule has 1 aliphatic carbocycles. The first-order chi connectivity index (χ1) is 13.7. The number of rotatable bonds is 11. The summed E-state index contributed by atoms with van der Waals surface area (Å²) in [6.45, 7) is 8.38.